The van der Waals surface area contributed by atoms with Crippen LogP contribution in [0.25, 0.3) is 0 Å². The maximum atomic E-state index is 13.8. The third-order valence-corrected chi connectivity index (χ3v) is 6.58. The van der Waals surface area contributed by atoms with E-state index in [-0.39, 0.29) is 32.7 Å². The normalized spacial score (nSPS) is 13.5. The number of benzene rings is 1. The van der Waals surface area contributed by atoms with Crippen LogP contribution >= 0.6 is 0 Å². The summed E-state index contributed by atoms with van der Waals surface area (Å²) in [5, 5.41) is -0.159. The molecular formula is C21H32F5Si3Y. The molecule has 1 aliphatic rings. The Morgan fingerprint density at radius 3 is 1.27 bits per heavy atom. The van der Waals surface area contributed by atoms with E-state index >= 15 is 0 Å². The van der Waals surface area contributed by atoms with Crippen LogP contribution in [0.2, 0.25) is 52.4 Å². The fraction of sp³-hybridized carbons (Fsp3) is 0.429. The fourth-order valence-electron chi connectivity index (χ4n) is 2.12. The van der Waals surface area contributed by atoms with Gasteiger partial charge in [-0.05, 0) is 0 Å². The summed E-state index contributed by atoms with van der Waals surface area (Å²) in [6, 6.07) is 0. The van der Waals surface area contributed by atoms with E-state index in [0.29, 0.717) is 11.6 Å². The summed E-state index contributed by atoms with van der Waals surface area (Å²) in [5.74, 6) is -9.37. The molecule has 0 fully saturated rings. The maximum absolute atomic E-state index is 13.8. The summed E-state index contributed by atoms with van der Waals surface area (Å²) in [5.41, 5.74) is 0. The predicted molar refractivity (Wildman–Crippen MR) is 121 cm³/mol. The second-order valence-corrected chi connectivity index (χ2v) is 24.4. The van der Waals surface area contributed by atoms with Gasteiger partial charge in [0.05, 0.1) is 8.07 Å². The molecule has 0 atom stereocenters. The summed E-state index contributed by atoms with van der Waals surface area (Å²) < 4.78 is 67.1. The quantitative estimate of drug-likeness (QED) is 0.123. The molecule has 1 aromatic carbocycles. The first-order valence-electron chi connectivity index (χ1n) is 9.29. The van der Waals surface area contributed by atoms with E-state index < -0.39 is 58.5 Å². The Hall–Kier alpha value is 0.105. The van der Waals surface area contributed by atoms with E-state index in [2.05, 4.69) is 58.5 Å². The summed E-state index contributed by atoms with van der Waals surface area (Å²) in [4.78, 5) is 0. The van der Waals surface area contributed by atoms with Gasteiger partial charge in [-0.15, -0.1) is 22.6 Å². The van der Waals surface area contributed by atoms with Gasteiger partial charge in [-0.25, -0.2) is 33.2 Å². The Morgan fingerprint density at radius 1 is 0.700 bits per heavy atom. The number of halogens is 5. The van der Waals surface area contributed by atoms with Crippen molar-refractivity contribution in [2.24, 2.45) is 0 Å². The van der Waals surface area contributed by atoms with Crippen LogP contribution in [0.3, 0.4) is 0 Å². The Balaban J connectivity index is 0. The number of hydrogen-bond donors (Lipinski definition) is 0. The van der Waals surface area contributed by atoms with E-state index in [1.165, 1.54) is 13.1 Å². The molecule has 30 heavy (non-hydrogen) atoms. The van der Waals surface area contributed by atoms with Gasteiger partial charge in [0, 0.05) is 5.19 Å². The van der Waals surface area contributed by atoms with Gasteiger partial charge in [0.1, 0.15) is 0 Å². The molecule has 1 aromatic rings. The SMILES string of the molecule is C[Si](C)(C1=[C-]CC=C1)c1c(F)c(F)c(F)c(F)c1F.[CH2-][Si](C)(C)C.[CH2-][Si](C)(C)C.[Y+3]. The molecule has 0 amide bonds. The number of hydrogen-bond acceptors (Lipinski definition) is 0. The van der Waals surface area contributed by atoms with Gasteiger partial charge < -0.3 is 13.1 Å². The van der Waals surface area contributed by atoms with Crippen molar-refractivity contribution in [3.8, 4) is 0 Å². The van der Waals surface area contributed by atoms with Crippen molar-refractivity contribution in [1.82, 2.24) is 0 Å². The smallest absolute Gasteiger partial charge is 0.342 e. The summed E-state index contributed by atoms with van der Waals surface area (Å²) in [6.07, 6.45) is 6.75. The molecule has 0 aliphatic heterocycles. The van der Waals surface area contributed by atoms with Crippen LogP contribution in [0.15, 0.2) is 17.3 Å². The molecular weight excluding hydrogens is 520 g/mol. The fourth-order valence-corrected chi connectivity index (χ4v) is 4.79. The zero-order valence-electron chi connectivity index (χ0n) is 19.2. The zero-order valence-corrected chi connectivity index (χ0v) is 25.1. The zero-order chi connectivity index (χ0) is 23.4. The van der Waals surface area contributed by atoms with Crippen molar-refractivity contribution in [2.75, 3.05) is 0 Å². The second-order valence-electron chi connectivity index (χ2n) is 9.89. The Labute approximate surface area is 207 Å². The van der Waals surface area contributed by atoms with Crippen LogP contribution < -0.4 is 5.19 Å². The van der Waals surface area contributed by atoms with Crippen molar-refractivity contribution in [1.29, 1.82) is 0 Å². The van der Waals surface area contributed by atoms with Gasteiger partial charge in [-0.2, -0.15) is 6.08 Å². The minimum Gasteiger partial charge on any atom is -0.342 e. The topological polar surface area (TPSA) is 0 Å². The Kier molecular flexibility index (Phi) is 13.3. The monoisotopic (exact) mass is 552 g/mol. The van der Waals surface area contributed by atoms with Crippen molar-refractivity contribution < 1.29 is 54.7 Å². The van der Waals surface area contributed by atoms with Gasteiger partial charge in [-0.3, -0.25) is 6.08 Å². The van der Waals surface area contributed by atoms with Gasteiger partial charge in [0.15, 0.2) is 23.3 Å². The Bertz CT molecular complexity index is 723. The van der Waals surface area contributed by atoms with Gasteiger partial charge >= 0.3 is 32.7 Å². The molecule has 0 aromatic heterocycles. The molecule has 0 N–H and O–H groups in total. The van der Waals surface area contributed by atoms with Crippen LogP contribution in [0.4, 0.5) is 22.0 Å². The van der Waals surface area contributed by atoms with Gasteiger partial charge in [-0.1, -0.05) is 52.4 Å². The van der Waals surface area contributed by atoms with E-state index in [1.807, 2.05) is 0 Å². The van der Waals surface area contributed by atoms with E-state index in [0.717, 1.165) is 0 Å². The first-order chi connectivity index (χ1) is 12.8. The van der Waals surface area contributed by atoms with E-state index in [9.17, 15) is 22.0 Å². The van der Waals surface area contributed by atoms with Crippen LogP contribution in [0.1, 0.15) is 6.42 Å². The molecule has 0 saturated heterocycles. The van der Waals surface area contributed by atoms with Gasteiger partial charge in [0.2, 0.25) is 5.82 Å². The summed E-state index contributed by atoms with van der Waals surface area (Å²) in [7, 11) is -4.72. The number of allylic oxidation sites excluding steroid dienone is 4. The molecule has 0 spiro atoms. The molecule has 1 aliphatic carbocycles. The first kappa shape index (κ1) is 32.3. The molecule has 0 saturated carbocycles. The maximum Gasteiger partial charge on any atom is 3.00 e. The third kappa shape index (κ3) is 11.1. The average Bonchev–Trinajstić information content (AvgIpc) is 3.03. The van der Waals surface area contributed by atoms with Crippen LogP contribution in [0, 0.1) is 48.3 Å². The van der Waals surface area contributed by atoms with Crippen LogP contribution in [0.5, 0.6) is 0 Å². The molecule has 2 rings (SSSR count). The van der Waals surface area contributed by atoms with Crippen molar-refractivity contribution in [2.45, 2.75) is 58.8 Å². The summed E-state index contributed by atoms with van der Waals surface area (Å²) >= 11 is 0. The minimum absolute atomic E-state index is 0. The Morgan fingerprint density at radius 2 is 1.00 bits per heavy atom. The van der Waals surface area contributed by atoms with Crippen molar-refractivity contribution in [3.63, 3.8) is 0 Å². The van der Waals surface area contributed by atoms with Crippen molar-refractivity contribution in [3.05, 3.63) is 65.6 Å². The molecule has 0 bridgehead atoms. The third-order valence-electron chi connectivity index (χ3n) is 3.20. The molecule has 0 nitrogen and oxygen atoms in total. The molecule has 0 radical (unpaired) electrons. The average molecular weight is 553 g/mol. The largest absolute Gasteiger partial charge is 3.00 e. The van der Waals surface area contributed by atoms with Crippen LogP contribution in [-0.4, -0.2) is 24.2 Å². The molecule has 166 valence electrons. The molecule has 0 unspecified atom stereocenters. The van der Waals surface area contributed by atoms with Gasteiger partial charge in [0.25, 0.3) is 0 Å². The second kappa shape index (κ2) is 12.4. The van der Waals surface area contributed by atoms with E-state index in [4.69, 9.17) is 0 Å². The minimum atomic E-state index is -3.00. The predicted octanol–water partition coefficient (Wildman–Crippen LogP) is 6.92. The van der Waals surface area contributed by atoms with E-state index in [1.54, 1.807) is 12.2 Å². The summed E-state index contributed by atoms with van der Waals surface area (Å²) in [6.45, 7) is 24.2. The first-order valence-corrected chi connectivity index (χ1v) is 19.7. The number of rotatable bonds is 2. The molecule has 9 heteroatoms. The molecule has 0 heterocycles. The standard InChI is InChI=1S/C13H10F5Si.2C4H11Si.Y/c1-19(2,7-5-3-4-6-7)13-11(17)9(15)8(14)10(16)12(13)18;2*1-5(2,3)4;/h3,5H,4H2,1-2H3;2*1H2,2-4H3;/q3*-1;+3. The van der Waals surface area contributed by atoms with Crippen molar-refractivity contribution >= 4 is 29.4 Å². The van der Waals surface area contributed by atoms with Crippen LogP contribution in [-0.2, 0) is 32.7 Å².